The number of carbonyl (C=O) groups is 2. The van der Waals surface area contributed by atoms with Crippen molar-refractivity contribution in [2.24, 2.45) is 0 Å². The molecule has 0 spiro atoms. The van der Waals surface area contributed by atoms with Gasteiger partial charge in [-0.2, -0.15) is 11.8 Å². The molecule has 3 nitrogen and oxygen atoms in total. The van der Waals surface area contributed by atoms with Gasteiger partial charge in [-0.3, -0.25) is 14.5 Å². The molecule has 0 aromatic rings. The molecule has 2 atom stereocenters. The van der Waals surface area contributed by atoms with Gasteiger partial charge < -0.3 is 0 Å². The normalized spacial score (nSPS) is 30.1. The number of hydrogen-bond acceptors (Lipinski definition) is 3. The molecule has 0 radical (unpaired) electrons. The monoisotopic (exact) mass is 239 g/mol. The van der Waals surface area contributed by atoms with Gasteiger partial charge >= 0.3 is 0 Å². The first kappa shape index (κ1) is 11.7. The van der Waals surface area contributed by atoms with E-state index in [1.807, 2.05) is 11.8 Å². The Hall–Kier alpha value is -0.770. The molecule has 0 aromatic heterocycles. The van der Waals surface area contributed by atoms with Crippen LogP contribution in [0.2, 0.25) is 0 Å². The van der Waals surface area contributed by atoms with Crippen LogP contribution in [0.5, 0.6) is 0 Å². The summed E-state index contributed by atoms with van der Waals surface area (Å²) >= 11 is 1.87. The first-order valence-electron chi connectivity index (χ1n) is 5.82. The van der Waals surface area contributed by atoms with E-state index in [2.05, 4.69) is 6.92 Å². The van der Waals surface area contributed by atoms with Crippen molar-refractivity contribution in [2.45, 2.75) is 44.4 Å². The zero-order valence-corrected chi connectivity index (χ0v) is 10.5. The predicted molar refractivity (Wildman–Crippen MR) is 65.2 cm³/mol. The van der Waals surface area contributed by atoms with Crippen molar-refractivity contribution in [1.82, 2.24) is 4.90 Å². The van der Waals surface area contributed by atoms with Crippen LogP contribution in [0.15, 0.2) is 11.6 Å². The van der Waals surface area contributed by atoms with Crippen molar-refractivity contribution in [1.29, 1.82) is 0 Å². The first-order chi connectivity index (χ1) is 7.65. The molecule has 0 bridgehead atoms. The quantitative estimate of drug-likeness (QED) is 0.707. The summed E-state index contributed by atoms with van der Waals surface area (Å²) in [5.74, 6) is 0.846. The van der Waals surface area contributed by atoms with E-state index in [4.69, 9.17) is 0 Å². The van der Waals surface area contributed by atoms with Gasteiger partial charge in [-0.15, -0.1) is 0 Å². The summed E-state index contributed by atoms with van der Waals surface area (Å²) in [4.78, 5) is 25.1. The van der Waals surface area contributed by atoms with Crippen molar-refractivity contribution < 1.29 is 9.59 Å². The molecule has 0 saturated heterocycles. The van der Waals surface area contributed by atoms with Crippen LogP contribution in [0, 0.1) is 0 Å². The Labute approximate surface area is 100 Å². The van der Waals surface area contributed by atoms with Gasteiger partial charge in [-0.1, -0.05) is 13.3 Å². The molecule has 2 rings (SSSR count). The molecule has 16 heavy (non-hydrogen) atoms. The lowest BCUT2D eigenvalue weighted by Crippen LogP contribution is -2.43. The summed E-state index contributed by atoms with van der Waals surface area (Å²) in [5, 5.41) is 0.442. The van der Waals surface area contributed by atoms with Crippen LogP contribution in [-0.4, -0.2) is 33.8 Å². The highest BCUT2D eigenvalue weighted by molar-refractivity contribution is 7.99. The van der Waals surface area contributed by atoms with Crippen LogP contribution in [-0.2, 0) is 9.59 Å². The zero-order valence-electron chi connectivity index (χ0n) is 9.73. The molecular formula is C12H17NO2S. The van der Waals surface area contributed by atoms with E-state index >= 15 is 0 Å². The molecule has 0 aromatic carbocycles. The molecule has 1 aliphatic heterocycles. The Morgan fingerprint density at radius 3 is 2.75 bits per heavy atom. The maximum Gasteiger partial charge on any atom is 0.256 e. The van der Waals surface area contributed by atoms with Gasteiger partial charge in [0.15, 0.2) is 0 Å². The van der Waals surface area contributed by atoms with Crippen molar-refractivity contribution in [3.05, 3.63) is 11.6 Å². The van der Waals surface area contributed by atoms with Crippen molar-refractivity contribution in [2.75, 3.05) is 5.75 Å². The van der Waals surface area contributed by atoms with Crippen LogP contribution in [0.1, 0.15) is 33.1 Å². The maximum atomic E-state index is 11.9. The second kappa shape index (κ2) is 4.62. The van der Waals surface area contributed by atoms with E-state index < -0.39 is 0 Å². The summed E-state index contributed by atoms with van der Waals surface area (Å²) in [6.45, 7) is 3.84. The molecule has 1 fully saturated rings. The summed E-state index contributed by atoms with van der Waals surface area (Å²) in [6.07, 6.45) is 4.68. The van der Waals surface area contributed by atoms with Crippen LogP contribution in [0.25, 0.3) is 0 Å². The molecule has 0 N–H and O–H groups in total. The van der Waals surface area contributed by atoms with Gasteiger partial charge in [0.1, 0.15) is 0 Å². The molecule has 88 valence electrons. The largest absolute Gasteiger partial charge is 0.271 e. The van der Waals surface area contributed by atoms with E-state index in [0.717, 1.165) is 25.0 Å². The van der Waals surface area contributed by atoms with E-state index in [1.54, 1.807) is 6.92 Å². The number of imide groups is 1. The molecule has 1 aliphatic carbocycles. The third kappa shape index (κ3) is 1.90. The van der Waals surface area contributed by atoms with Crippen molar-refractivity contribution in [3.8, 4) is 0 Å². The fourth-order valence-electron chi connectivity index (χ4n) is 2.53. The van der Waals surface area contributed by atoms with Gasteiger partial charge in [-0.25, -0.2) is 0 Å². The van der Waals surface area contributed by atoms with Crippen molar-refractivity contribution >= 4 is 23.6 Å². The SMILES string of the molecule is CCSC1CCCC1N1C(=O)C=C(C)C1=O. The lowest BCUT2D eigenvalue weighted by molar-refractivity contribution is -0.139. The highest BCUT2D eigenvalue weighted by Crippen LogP contribution is 2.35. The van der Waals surface area contributed by atoms with Gasteiger partial charge in [0.2, 0.25) is 0 Å². The van der Waals surface area contributed by atoms with Crippen LogP contribution >= 0.6 is 11.8 Å². The lowest BCUT2D eigenvalue weighted by Gasteiger charge is -2.27. The topological polar surface area (TPSA) is 37.4 Å². The number of thioether (sulfide) groups is 1. The number of carbonyl (C=O) groups excluding carboxylic acids is 2. The summed E-state index contributed by atoms with van der Waals surface area (Å²) in [6, 6.07) is 0.124. The minimum Gasteiger partial charge on any atom is -0.271 e. The summed E-state index contributed by atoms with van der Waals surface area (Å²) in [5.41, 5.74) is 0.581. The molecule has 2 amide bonds. The average molecular weight is 239 g/mol. The van der Waals surface area contributed by atoms with Gasteiger partial charge in [0, 0.05) is 16.9 Å². The Kier molecular flexibility index (Phi) is 3.38. The summed E-state index contributed by atoms with van der Waals surface area (Å²) < 4.78 is 0. The smallest absolute Gasteiger partial charge is 0.256 e. The van der Waals surface area contributed by atoms with Gasteiger partial charge in [-0.05, 0) is 25.5 Å². The average Bonchev–Trinajstić information content (AvgIpc) is 2.75. The van der Waals surface area contributed by atoms with E-state index in [-0.39, 0.29) is 17.9 Å². The predicted octanol–water partition coefficient (Wildman–Crippen LogP) is 1.98. The highest BCUT2D eigenvalue weighted by Gasteiger charge is 2.40. The van der Waals surface area contributed by atoms with Crippen LogP contribution in [0.4, 0.5) is 0 Å². The molecule has 2 aliphatic rings. The van der Waals surface area contributed by atoms with Crippen LogP contribution in [0.3, 0.4) is 0 Å². The number of amides is 2. The maximum absolute atomic E-state index is 11.9. The second-order valence-corrected chi connectivity index (χ2v) is 5.85. The van der Waals surface area contributed by atoms with Crippen molar-refractivity contribution in [3.63, 3.8) is 0 Å². The third-order valence-corrected chi connectivity index (χ3v) is 4.57. The fourth-order valence-corrected chi connectivity index (χ4v) is 3.77. The number of rotatable bonds is 3. The third-order valence-electron chi connectivity index (χ3n) is 3.26. The van der Waals surface area contributed by atoms with Gasteiger partial charge in [0.05, 0.1) is 6.04 Å². The Bertz CT molecular complexity index is 351. The molecule has 2 unspecified atom stereocenters. The molecule has 1 saturated carbocycles. The second-order valence-electron chi connectivity index (χ2n) is 4.33. The number of nitrogens with zero attached hydrogens (tertiary/aromatic N) is 1. The lowest BCUT2D eigenvalue weighted by atomic mass is 10.2. The number of hydrogen-bond donors (Lipinski definition) is 0. The first-order valence-corrected chi connectivity index (χ1v) is 6.87. The summed E-state index contributed by atoms with van der Waals surface area (Å²) in [7, 11) is 0. The minimum atomic E-state index is -0.115. The van der Waals surface area contributed by atoms with E-state index in [9.17, 15) is 9.59 Å². The van der Waals surface area contributed by atoms with Crippen LogP contribution < -0.4 is 0 Å². The van der Waals surface area contributed by atoms with E-state index in [1.165, 1.54) is 11.0 Å². The fraction of sp³-hybridized carbons (Fsp3) is 0.667. The Balaban J connectivity index is 2.13. The van der Waals surface area contributed by atoms with Gasteiger partial charge in [0.25, 0.3) is 11.8 Å². The molecular weight excluding hydrogens is 222 g/mol. The highest BCUT2D eigenvalue weighted by atomic mass is 32.2. The van der Waals surface area contributed by atoms with E-state index in [0.29, 0.717) is 10.8 Å². The zero-order chi connectivity index (χ0) is 11.7. The molecule has 4 heteroatoms. The standard InChI is InChI=1S/C12H17NO2S/c1-3-16-10-6-4-5-9(10)13-11(14)7-8(2)12(13)15/h7,9-10H,3-6H2,1-2H3. The Morgan fingerprint density at radius 1 is 1.44 bits per heavy atom. The Morgan fingerprint density at radius 2 is 2.19 bits per heavy atom. The minimum absolute atomic E-state index is 0.0846. The molecule has 1 heterocycles.